The van der Waals surface area contributed by atoms with E-state index >= 15 is 0 Å². The fraction of sp³-hybridized carbons (Fsp3) is 0.273. The molecule has 1 aromatic heterocycles. The van der Waals surface area contributed by atoms with Crippen molar-refractivity contribution in [2.45, 2.75) is 18.7 Å². The highest BCUT2D eigenvalue weighted by atomic mass is 79.9. The van der Waals surface area contributed by atoms with Crippen LogP contribution in [0, 0.1) is 5.82 Å². The number of hydrogen-bond acceptors (Lipinski definition) is 3. The second-order valence-corrected chi connectivity index (χ2v) is 4.84. The summed E-state index contributed by atoms with van der Waals surface area (Å²) in [4.78, 5) is 4.17. The first-order valence-corrected chi connectivity index (χ1v) is 6.28. The Morgan fingerprint density at radius 3 is 2.94 bits per heavy atom. The van der Waals surface area contributed by atoms with E-state index in [4.69, 9.17) is 16.1 Å². The molecule has 0 aliphatic carbocycles. The number of benzene rings is 1. The summed E-state index contributed by atoms with van der Waals surface area (Å²) in [6.07, 6.45) is 0.716. The largest absolute Gasteiger partial charge is 0.334 e. The molecule has 0 saturated heterocycles. The Balaban J connectivity index is 2.33. The number of halogens is 3. The lowest BCUT2D eigenvalue weighted by Gasteiger charge is -1.97. The minimum absolute atomic E-state index is 0.267. The normalized spacial score (nSPS) is 12.7. The van der Waals surface area contributed by atoms with Crippen LogP contribution in [0.15, 0.2) is 27.2 Å². The molecule has 0 fully saturated rings. The second-order valence-electron chi connectivity index (χ2n) is 3.46. The molecule has 2 rings (SSSR count). The van der Waals surface area contributed by atoms with Crippen molar-refractivity contribution in [1.29, 1.82) is 0 Å². The van der Waals surface area contributed by atoms with Gasteiger partial charge in [0, 0.05) is 5.56 Å². The summed E-state index contributed by atoms with van der Waals surface area (Å²) >= 11 is 9.10. The maximum atomic E-state index is 13.1. The van der Waals surface area contributed by atoms with Gasteiger partial charge in [-0.25, -0.2) is 4.39 Å². The Morgan fingerprint density at radius 2 is 2.29 bits per heavy atom. The molecule has 1 atom stereocenters. The summed E-state index contributed by atoms with van der Waals surface area (Å²) in [7, 11) is 0. The van der Waals surface area contributed by atoms with Crippen LogP contribution in [0.5, 0.6) is 0 Å². The molecule has 0 amide bonds. The maximum Gasteiger partial charge on any atom is 0.258 e. The lowest BCUT2D eigenvalue weighted by molar-refractivity contribution is 0.421. The molecule has 0 aliphatic heterocycles. The molecule has 17 heavy (non-hydrogen) atoms. The number of alkyl halides is 1. The maximum absolute atomic E-state index is 13.1. The van der Waals surface area contributed by atoms with Crippen molar-refractivity contribution in [3.05, 3.63) is 34.3 Å². The van der Waals surface area contributed by atoms with Crippen LogP contribution >= 0.6 is 27.5 Å². The molecule has 1 heterocycles. The van der Waals surface area contributed by atoms with Crippen molar-refractivity contribution in [2.75, 3.05) is 0 Å². The minimum Gasteiger partial charge on any atom is -0.334 e. The third-order valence-corrected chi connectivity index (χ3v) is 3.36. The number of hydrogen-bond donors (Lipinski definition) is 0. The molecule has 0 radical (unpaired) electrons. The molecule has 2 aromatic rings. The van der Waals surface area contributed by atoms with Gasteiger partial charge < -0.3 is 4.52 Å². The first kappa shape index (κ1) is 12.5. The fourth-order valence-electron chi connectivity index (χ4n) is 1.29. The molecule has 3 nitrogen and oxygen atoms in total. The lowest BCUT2D eigenvalue weighted by Crippen LogP contribution is -1.90. The van der Waals surface area contributed by atoms with E-state index in [0.717, 1.165) is 0 Å². The zero-order valence-electron chi connectivity index (χ0n) is 8.95. The van der Waals surface area contributed by atoms with Gasteiger partial charge in [-0.15, -0.1) is 11.6 Å². The van der Waals surface area contributed by atoms with Gasteiger partial charge in [-0.1, -0.05) is 12.1 Å². The summed E-state index contributed by atoms with van der Waals surface area (Å²) in [6.45, 7) is 1.93. The third kappa shape index (κ3) is 2.66. The molecule has 0 aliphatic rings. The molecular formula is C11H9BrClFN2O. The highest BCUT2D eigenvalue weighted by molar-refractivity contribution is 9.10. The Kier molecular flexibility index (Phi) is 3.79. The van der Waals surface area contributed by atoms with Crippen molar-refractivity contribution in [1.82, 2.24) is 10.1 Å². The van der Waals surface area contributed by atoms with Crippen LogP contribution in [0.4, 0.5) is 4.39 Å². The van der Waals surface area contributed by atoms with E-state index in [9.17, 15) is 4.39 Å². The highest BCUT2D eigenvalue weighted by Crippen LogP contribution is 2.27. The number of nitrogens with zero attached hydrogens (tertiary/aromatic N) is 2. The monoisotopic (exact) mass is 318 g/mol. The smallest absolute Gasteiger partial charge is 0.258 e. The Morgan fingerprint density at radius 1 is 1.53 bits per heavy atom. The molecule has 0 spiro atoms. The summed E-state index contributed by atoms with van der Waals surface area (Å²) < 4.78 is 18.5. The van der Waals surface area contributed by atoms with Crippen LogP contribution in [-0.4, -0.2) is 10.1 Å². The summed E-state index contributed by atoms with van der Waals surface area (Å²) in [5.41, 5.74) is 0.650. The van der Waals surface area contributed by atoms with Crippen molar-refractivity contribution in [2.24, 2.45) is 0 Å². The van der Waals surface area contributed by atoms with Gasteiger partial charge in [0.2, 0.25) is 0 Å². The average molecular weight is 320 g/mol. The quantitative estimate of drug-likeness (QED) is 0.791. The van der Waals surface area contributed by atoms with Crippen LogP contribution in [0.3, 0.4) is 0 Å². The van der Waals surface area contributed by atoms with Crippen LogP contribution in [0.25, 0.3) is 11.5 Å². The summed E-state index contributed by atoms with van der Waals surface area (Å²) in [6, 6.07) is 4.50. The summed E-state index contributed by atoms with van der Waals surface area (Å²) in [5.74, 6) is 0.446. The minimum atomic E-state index is -0.336. The van der Waals surface area contributed by atoms with Crippen molar-refractivity contribution >= 4 is 27.5 Å². The predicted octanol–water partition coefficient (Wildman–Crippen LogP) is 4.33. The molecular weight excluding hydrogens is 310 g/mol. The van der Waals surface area contributed by atoms with Gasteiger partial charge in [-0.2, -0.15) is 4.98 Å². The second kappa shape index (κ2) is 5.14. The van der Waals surface area contributed by atoms with Crippen molar-refractivity contribution in [3.8, 4) is 11.5 Å². The van der Waals surface area contributed by atoms with Gasteiger partial charge in [-0.05, 0) is 40.5 Å². The van der Waals surface area contributed by atoms with Gasteiger partial charge in [0.25, 0.3) is 5.89 Å². The predicted molar refractivity (Wildman–Crippen MR) is 66.3 cm³/mol. The first-order chi connectivity index (χ1) is 8.11. The molecule has 0 saturated carbocycles. The van der Waals surface area contributed by atoms with E-state index < -0.39 is 0 Å². The zero-order valence-corrected chi connectivity index (χ0v) is 11.3. The molecule has 1 aromatic carbocycles. The standard InChI is InChI=1S/C11H9BrClFN2O/c1-2-8(13)10-15-11(17-16-10)6-3-4-9(14)7(12)5-6/h3-5,8H,2H2,1H3. The Bertz CT molecular complexity index is 532. The van der Waals surface area contributed by atoms with Gasteiger partial charge in [-0.3, -0.25) is 0 Å². The third-order valence-electron chi connectivity index (χ3n) is 2.25. The highest BCUT2D eigenvalue weighted by Gasteiger charge is 2.15. The molecule has 90 valence electrons. The van der Waals surface area contributed by atoms with E-state index in [1.165, 1.54) is 6.07 Å². The fourth-order valence-corrected chi connectivity index (χ4v) is 1.76. The van der Waals surface area contributed by atoms with Gasteiger partial charge in [0.05, 0.1) is 9.85 Å². The van der Waals surface area contributed by atoms with Crippen LogP contribution in [0.1, 0.15) is 24.5 Å². The van der Waals surface area contributed by atoms with Crippen LogP contribution in [-0.2, 0) is 0 Å². The Labute approximate surface area is 111 Å². The van der Waals surface area contributed by atoms with Crippen molar-refractivity contribution in [3.63, 3.8) is 0 Å². The van der Waals surface area contributed by atoms with E-state index in [0.29, 0.717) is 28.2 Å². The summed E-state index contributed by atoms with van der Waals surface area (Å²) in [5, 5.41) is 3.52. The lowest BCUT2D eigenvalue weighted by atomic mass is 10.2. The number of aromatic nitrogens is 2. The molecule has 0 bridgehead atoms. The van der Waals surface area contributed by atoms with E-state index in [2.05, 4.69) is 26.1 Å². The van der Waals surface area contributed by atoms with E-state index in [1.807, 2.05) is 6.92 Å². The van der Waals surface area contributed by atoms with Gasteiger partial charge in [0.15, 0.2) is 5.82 Å². The molecule has 6 heteroatoms. The van der Waals surface area contributed by atoms with Crippen LogP contribution < -0.4 is 0 Å². The van der Waals surface area contributed by atoms with Crippen LogP contribution in [0.2, 0.25) is 0 Å². The SMILES string of the molecule is CCC(Cl)c1noc(-c2ccc(F)c(Br)c2)n1. The first-order valence-electron chi connectivity index (χ1n) is 5.05. The molecule has 0 N–H and O–H groups in total. The topological polar surface area (TPSA) is 38.9 Å². The average Bonchev–Trinajstić information content (AvgIpc) is 2.81. The zero-order chi connectivity index (χ0) is 12.4. The van der Waals surface area contributed by atoms with Crippen molar-refractivity contribution < 1.29 is 8.91 Å². The van der Waals surface area contributed by atoms with Gasteiger partial charge >= 0.3 is 0 Å². The Hall–Kier alpha value is -0.940. The molecule has 1 unspecified atom stereocenters. The van der Waals surface area contributed by atoms with E-state index in [-0.39, 0.29) is 11.2 Å². The van der Waals surface area contributed by atoms with E-state index in [1.54, 1.807) is 12.1 Å². The van der Waals surface area contributed by atoms with Gasteiger partial charge in [0.1, 0.15) is 5.82 Å². The number of rotatable bonds is 3.